The van der Waals surface area contributed by atoms with Crippen LogP contribution in [0.15, 0.2) is 69.9 Å². The summed E-state index contributed by atoms with van der Waals surface area (Å²) in [4.78, 5) is 17.8. The number of halogens is 1. The zero-order valence-corrected chi connectivity index (χ0v) is 16.1. The number of nitrogens with zero attached hydrogens (tertiary/aromatic N) is 3. The SMILES string of the molecule is Cc1ccccc1-c1nc2s/c(=C\c3ccc(-c4ccc(F)cc4)o3)c(=O)n2n1. The van der Waals surface area contributed by atoms with Gasteiger partial charge in [0, 0.05) is 17.2 Å². The van der Waals surface area contributed by atoms with Crippen molar-refractivity contribution in [1.29, 1.82) is 0 Å². The molecule has 3 aromatic heterocycles. The van der Waals surface area contributed by atoms with E-state index in [0.717, 1.165) is 16.7 Å². The molecule has 0 bridgehead atoms. The summed E-state index contributed by atoms with van der Waals surface area (Å²) in [5.74, 6) is 1.37. The molecule has 142 valence electrons. The average Bonchev–Trinajstić information content (AvgIpc) is 3.41. The first-order chi connectivity index (χ1) is 14.1. The van der Waals surface area contributed by atoms with Crippen LogP contribution in [0.5, 0.6) is 0 Å². The van der Waals surface area contributed by atoms with Crippen molar-refractivity contribution in [2.45, 2.75) is 6.92 Å². The van der Waals surface area contributed by atoms with Gasteiger partial charge in [0.2, 0.25) is 4.96 Å². The van der Waals surface area contributed by atoms with Crippen molar-refractivity contribution in [2.75, 3.05) is 0 Å². The molecule has 0 atom stereocenters. The number of benzene rings is 2. The first-order valence-electron chi connectivity index (χ1n) is 8.91. The zero-order valence-electron chi connectivity index (χ0n) is 15.3. The van der Waals surface area contributed by atoms with Gasteiger partial charge in [0.25, 0.3) is 5.56 Å². The molecule has 0 N–H and O–H groups in total. The second-order valence-corrected chi connectivity index (χ2v) is 7.58. The van der Waals surface area contributed by atoms with Crippen LogP contribution in [0.2, 0.25) is 0 Å². The Balaban J connectivity index is 1.53. The Labute approximate surface area is 168 Å². The summed E-state index contributed by atoms with van der Waals surface area (Å²) in [6.45, 7) is 1.98. The summed E-state index contributed by atoms with van der Waals surface area (Å²) < 4.78 is 20.7. The van der Waals surface area contributed by atoms with Crippen LogP contribution in [0, 0.1) is 12.7 Å². The molecule has 2 aromatic carbocycles. The molecule has 5 rings (SSSR count). The van der Waals surface area contributed by atoms with E-state index in [9.17, 15) is 9.18 Å². The van der Waals surface area contributed by atoms with Gasteiger partial charge < -0.3 is 4.42 Å². The van der Waals surface area contributed by atoms with Crippen LogP contribution in [-0.4, -0.2) is 14.6 Å². The van der Waals surface area contributed by atoms with Crippen LogP contribution in [0.3, 0.4) is 0 Å². The molecule has 0 saturated heterocycles. The third-order valence-electron chi connectivity index (χ3n) is 4.60. The van der Waals surface area contributed by atoms with Crippen molar-refractivity contribution in [3.8, 4) is 22.7 Å². The van der Waals surface area contributed by atoms with Crippen LogP contribution in [0.4, 0.5) is 4.39 Å². The number of hydrogen-bond acceptors (Lipinski definition) is 5. The molecule has 0 unspecified atom stereocenters. The van der Waals surface area contributed by atoms with Crippen LogP contribution in [0.25, 0.3) is 33.7 Å². The standard InChI is InChI=1S/C22H14FN3O2S/c1-13-4-2-3-5-17(13)20-24-22-26(25-20)21(27)19(29-22)12-16-10-11-18(28-16)14-6-8-15(23)9-7-14/h2-12H,1H3/b19-12-. The van der Waals surface area contributed by atoms with E-state index in [0.29, 0.717) is 26.8 Å². The lowest BCUT2D eigenvalue weighted by molar-refractivity contribution is 0.571. The number of rotatable bonds is 3. The maximum atomic E-state index is 13.1. The minimum absolute atomic E-state index is 0.239. The van der Waals surface area contributed by atoms with E-state index in [4.69, 9.17) is 4.42 Å². The lowest BCUT2D eigenvalue weighted by Gasteiger charge is -1.98. The first-order valence-corrected chi connectivity index (χ1v) is 9.73. The summed E-state index contributed by atoms with van der Waals surface area (Å²) in [5.41, 5.74) is 2.48. The smallest absolute Gasteiger partial charge is 0.291 e. The predicted molar refractivity (Wildman–Crippen MR) is 110 cm³/mol. The van der Waals surface area contributed by atoms with Gasteiger partial charge in [0.1, 0.15) is 21.9 Å². The summed E-state index contributed by atoms with van der Waals surface area (Å²) in [6, 6.07) is 17.4. The number of aromatic nitrogens is 3. The monoisotopic (exact) mass is 403 g/mol. The fraction of sp³-hybridized carbons (Fsp3) is 0.0455. The zero-order chi connectivity index (χ0) is 20.0. The number of furan rings is 1. The number of aryl methyl sites for hydroxylation is 1. The van der Waals surface area contributed by atoms with Crippen LogP contribution >= 0.6 is 11.3 Å². The Kier molecular flexibility index (Phi) is 4.10. The average molecular weight is 403 g/mol. The molecule has 0 radical (unpaired) electrons. The minimum atomic E-state index is -0.303. The molecule has 7 heteroatoms. The van der Waals surface area contributed by atoms with E-state index < -0.39 is 0 Å². The largest absolute Gasteiger partial charge is 0.457 e. The molecule has 0 aliphatic rings. The van der Waals surface area contributed by atoms with Crippen molar-refractivity contribution >= 4 is 22.4 Å². The van der Waals surface area contributed by atoms with Crippen LogP contribution in [-0.2, 0) is 0 Å². The van der Waals surface area contributed by atoms with Gasteiger partial charge in [-0.2, -0.15) is 9.50 Å². The van der Waals surface area contributed by atoms with Crippen molar-refractivity contribution < 1.29 is 8.81 Å². The summed E-state index contributed by atoms with van der Waals surface area (Å²) in [6.07, 6.45) is 1.67. The van der Waals surface area contributed by atoms with Crippen LogP contribution in [0.1, 0.15) is 11.3 Å². The second-order valence-electron chi connectivity index (χ2n) is 6.57. The Morgan fingerprint density at radius 1 is 1.07 bits per heavy atom. The highest BCUT2D eigenvalue weighted by Gasteiger charge is 2.13. The Morgan fingerprint density at radius 2 is 1.86 bits per heavy atom. The Hall–Kier alpha value is -3.58. The van der Waals surface area contributed by atoms with E-state index in [1.165, 1.54) is 28.0 Å². The normalized spacial score (nSPS) is 12.1. The summed E-state index contributed by atoms with van der Waals surface area (Å²) in [7, 11) is 0. The molecule has 0 aliphatic heterocycles. The highest BCUT2D eigenvalue weighted by Crippen LogP contribution is 2.23. The Bertz CT molecular complexity index is 1450. The Morgan fingerprint density at radius 3 is 2.62 bits per heavy atom. The highest BCUT2D eigenvalue weighted by atomic mass is 32.1. The molecule has 0 saturated carbocycles. The highest BCUT2D eigenvalue weighted by molar-refractivity contribution is 7.15. The molecular weight excluding hydrogens is 389 g/mol. The third kappa shape index (κ3) is 3.15. The van der Waals surface area contributed by atoms with Gasteiger partial charge in [-0.1, -0.05) is 35.6 Å². The third-order valence-corrected chi connectivity index (χ3v) is 5.56. The summed E-state index contributed by atoms with van der Waals surface area (Å²) in [5, 5.41) is 4.38. The van der Waals surface area contributed by atoms with Gasteiger partial charge >= 0.3 is 0 Å². The number of thiazole rings is 1. The number of hydrogen-bond donors (Lipinski definition) is 0. The van der Waals surface area contributed by atoms with Gasteiger partial charge in [-0.25, -0.2) is 4.39 Å². The fourth-order valence-electron chi connectivity index (χ4n) is 3.10. The summed E-state index contributed by atoms with van der Waals surface area (Å²) >= 11 is 1.26. The predicted octanol–water partition coefficient (Wildman–Crippen LogP) is 4.07. The van der Waals surface area contributed by atoms with Crippen molar-refractivity contribution in [1.82, 2.24) is 14.6 Å². The van der Waals surface area contributed by atoms with Gasteiger partial charge in [0.05, 0.1) is 0 Å². The maximum Gasteiger partial charge on any atom is 0.291 e. The topological polar surface area (TPSA) is 60.4 Å². The number of fused-ring (bicyclic) bond motifs is 1. The van der Waals surface area contributed by atoms with Crippen molar-refractivity contribution in [3.05, 3.63) is 92.7 Å². The molecule has 29 heavy (non-hydrogen) atoms. The van der Waals surface area contributed by atoms with Crippen LogP contribution < -0.4 is 10.1 Å². The van der Waals surface area contributed by atoms with Gasteiger partial charge in [-0.3, -0.25) is 4.79 Å². The molecule has 5 nitrogen and oxygen atoms in total. The molecule has 5 aromatic rings. The maximum absolute atomic E-state index is 13.1. The first kappa shape index (κ1) is 17.5. The van der Waals surface area contributed by atoms with E-state index in [1.54, 1.807) is 30.3 Å². The molecule has 0 fully saturated rings. The van der Waals surface area contributed by atoms with Gasteiger partial charge in [-0.15, -0.1) is 5.10 Å². The lowest BCUT2D eigenvalue weighted by Crippen LogP contribution is -2.23. The van der Waals surface area contributed by atoms with Gasteiger partial charge in [-0.05, 0) is 48.9 Å². The minimum Gasteiger partial charge on any atom is -0.457 e. The van der Waals surface area contributed by atoms with E-state index in [2.05, 4.69) is 10.1 Å². The molecule has 0 amide bonds. The van der Waals surface area contributed by atoms with Crippen molar-refractivity contribution in [2.24, 2.45) is 0 Å². The fourth-order valence-corrected chi connectivity index (χ4v) is 3.99. The van der Waals surface area contributed by atoms with E-state index >= 15 is 0 Å². The van der Waals surface area contributed by atoms with E-state index in [-0.39, 0.29) is 11.4 Å². The van der Waals surface area contributed by atoms with Crippen molar-refractivity contribution in [3.63, 3.8) is 0 Å². The second kappa shape index (κ2) is 6.79. The van der Waals surface area contributed by atoms with E-state index in [1.807, 2.05) is 31.2 Å². The molecule has 3 heterocycles. The quantitative estimate of drug-likeness (QED) is 0.456. The van der Waals surface area contributed by atoms with Gasteiger partial charge in [0.15, 0.2) is 5.82 Å². The molecule has 0 aliphatic carbocycles. The lowest BCUT2D eigenvalue weighted by atomic mass is 10.1. The molecular formula is C22H14FN3O2S. The molecule has 0 spiro atoms.